The number of guanidine groups is 1. The summed E-state index contributed by atoms with van der Waals surface area (Å²) in [4.78, 5) is 17.9. The second-order valence-corrected chi connectivity index (χ2v) is 6.41. The second kappa shape index (κ2) is 9.70. The zero-order chi connectivity index (χ0) is 18.9. The smallest absolute Gasteiger partial charge is 0.241 e. The molecule has 1 aliphatic rings. The quantitative estimate of drug-likeness (QED) is 0.457. The molecular weight excluding hydrogens is 332 g/mol. The van der Waals surface area contributed by atoms with Crippen LogP contribution in [0, 0.1) is 0 Å². The Kier molecular flexibility index (Phi) is 7.32. The highest BCUT2D eigenvalue weighted by Gasteiger charge is 2.14. The Hall–Kier alpha value is -2.70. The minimum absolute atomic E-state index is 0.0277. The lowest BCUT2D eigenvalue weighted by Gasteiger charge is -2.16. The maximum Gasteiger partial charge on any atom is 0.241 e. The van der Waals surface area contributed by atoms with Gasteiger partial charge in [0.2, 0.25) is 5.91 Å². The summed E-state index contributed by atoms with van der Waals surface area (Å²) in [6.45, 7) is 8.25. The molecule has 0 saturated heterocycles. The van der Waals surface area contributed by atoms with Gasteiger partial charge in [0, 0.05) is 32.6 Å². The molecular formula is C19H28N4O3. The first-order valence-corrected chi connectivity index (χ1v) is 8.71. The maximum atomic E-state index is 11.8. The third-order valence-corrected chi connectivity index (χ3v) is 3.72. The van der Waals surface area contributed by atoms with Crippen LogP contribution in [0.4, 0.5) is 0 Å². The van der Waals surface area contributed by atoms with Crippen molar-refractivity contribution < 1.29 is 14.3 Å². The fraction of sp³-hybridized carbons (Fsp3) is 0.474. The predicted octanol–water partition coefficient (Wildman–Crippen LogP) is 1.55. The molecule has 2 rings (SSSR count). The Morgan fingerprint density at radius 3 is 2.69 bits per heavy atom. The SMILES string of the molecule is C=C(C)CNC(=NCc1cccc2c1OCCCO2)NCC(=O)N(C)C. The van der Waals surface area contributed by atoms with Crippen molar-refractivity contribution in [3.05, 3.63) is 35.9 Å². The van der Waals surface area contributed by atoms with Crippen molar-refractivity contribution in [3.63, 3.8) is 0 Å². The van der Waals surface area contributed by atoms with E-state index in [4.69, 9.17) is 9.47 Å². The van der Waals surface area contributed by atoms with Crippen LogP contribution in [0.5, 0.6) is 11.5 Å². The van der Waals surface area contributed by atoms with Crippen LogP contribution < -0.4 is 20.1 Å². The van der Waals surface area contributed by atoms with Crippen molar-refractivity contribution in [1.82, 2.24) is 15.5 Å². The van der Waals surface area contributed by atoms with E-state index < -0.39 is 0 Å². The van der Waals surface area contributed by atoms with Crippen LogP contribution in [0.2, 0.25) is 0 Å². The van der Waals surface area contributed by atoms with Gasteiger partial charge in [-0.2, -0.15) is 0 Å². The average molecular weight is 360 g/mol. The Labute approximate surface area is 155 Å². The van der Waals surface area contributed by atoms with Gasteiger partial charge in [-0.25, -0.2) is 4.99 Å². The number of carbonyl (C=O) groups is 1. The van der Waals surface area contributed by atoms with Gasteiger partial charge in [0.15, 0.2) is 17.5 Å². The van der Waals surface area contributed by atoms with Crippen molar-refractivity contribution in [2.45, 2.75) is 19.9 Å². The lowest BCUT2D eigenvalue weighted by atomic mass is 10.2. The van der Waals surface area contributed by atoms with Crippen LogP contribution in [0.25, 0.3) is 0 Å². The van der Waals surface area contributed by atoms with E-state index in [1.54, 1.807) is 14.1 Å². The first-order valence-electron chi connectivity index (χ1n) is 8.71. The molecule has 142 valence electrons. The number of benzene rings is 1. The standard InChI is InChI=1S/C19H28N4O3/c1-14(2)11-20-19(22-13-17(24)23(3)4)21-12-15-7-5-8-16-18(15)26-10-6-9-25-16/h5,7-8H,1,6,9-13H2,2-4H3,(H2,20,21,22). The van der Waals surface area contributed by atoms with Gasteiger partial charge in [-0.1, -0.05) is 24.3 Å². The molecule has 0 aromatic heterocycles. The highest BCUT2D eigenvalue weighted by Crippen LogP contribution is 2.33. The van der Waals surface area contributed by atoms with E-state index in [1.165, 1.54) is 4.90 Å². The third-order valence-electron chi connectivity index (χ3n) is 3.72. The van der Waals surface area contributed by atoms with Crippen LogP contribution in [-0.2, 0) is 11.3 Å². The summed E-state index contributed by atoms with van der Waals surface area (Å²) in [5.41, 5.74) is 1.92. The van der Waals surface area contributed by atoms with E-state index in [0.717, 1.165) is 29.1 Å². The van der Waals surface area contributed by atoms with Crippen LogP contribution in [0.1, 0.15) is 18.9 Å². The van der Waals surface area contributed by atoms with Crippen molar-refractivity contribution >= 4 is 11.9 Å². The summed E-state index contributed by atoms with van der Waals surface area (Å²) < 4.78 is 11.5. The lowest BCUT2D eigenvalue weighted by Crippen LogP contribution is -2.43. The Morgan fingerprint density at radius 2 is 1.96 bits per heavy atom. The predicted molar refractivity (Wildman–Crippen MR) is 103 cm³/mol. The van der Waals surface area contributed by atoms with Crippen LogP contribution >= 0.6 is 0 Å². The molecule has 26 heavy (non-hydrogen) atoms. The summed E-state index contributed by atoms with van der Waals surface area (Å²) in [7, 11) is 3.44. The zero-order valence-electron chi connectivity index (χ0n) is 15.8. The summed E-state index contributed by atoms with van der Waals surface area (Å²) in [5, 5.41) is 6.23. The number of fused-ring (bicyclic) bond motifs is 1. The third kappa shape index (κ3) is 5.98. The fourth-order valence-corrected chi connectivity index (χ4v) is 2.27. The summed E-state index contributed by atoms with van der Waals surface area (Å²) in [6, 6.07) is 5.81. The number of rotatable bonds is 6. The molecule has 0 spiro atoms. The van der Waals surface area contributed by atoms with Gasteiger partial charge in [-0.3, -0.25) is 4.79 Å². The fourth-order valence-electron chi connectivity index (χ4n) is 2.27. The van der Waals surface area contributed by atoms with Crippen LogP contribution in [0.3, 0.4) is 0 Å². The van der Waals surface area contributed by atoms with Crippen LogP contribution in [0.15, 0.2) is 35.3 Å². The number of para-hydroxylation sites is 1. The lowest BCUT2D eigenvalue weighted by molar-refractivity contribution is -0.127. The second-order valence-electron chi connectivity index (χ2n) is 6.41. The Morgan fingerprint density at radius 1 is 1.23 bits per heavy atom. The first kappa shape index (κ1) is 19.6. The van der Waals surface area contributed by atoms with Gasteiger partial charge in [-0.15, -0.1) is 0 Å². The number of hydrogen-bond donors (Lipinski definition) is 2. The molecule has 0 atom stereocenters. The molecule has 1 aliphatic heterocycles. The molecule has 0 unspecified atom stereocenters. The normalized spacial score (nSPS) is 13.6. The highest BCUT2D eigenvalue weighted by molar-refractivity contribution is 5.86. The van der Waals surface area contributed by atoms with E-state index in [1.807, 2.05) is 25.1 Å². The van der Waals surface area contributed by atoms with E-state index in [9.17, 15) is 4.79 Å². The number of nitrogens with zero attached hydrogens (tertiary/aromatic N) is 2. The summed E-state index contributed by atoms with van der Waals surface area (Å²) >= 11 is 0. The summed E-state index contributed by atoms with van der Waals surface area (Å²) in [6.07, 6.45) is 0.858. The number of carbonyl (C=O) groups excluding carboxylic acids is 1. The van der Waals surface area contributed by atoms with Gasteiger partial charge in [-0.05, 0) is 13.0 Å². The van der Waals surface area contributed by atoms with Crippen molar-refractivity contribution in [2.75, 3.05) is 40.4 Å². The first-order chi connectivity index (χ1) is 12.5. The van der Waals surface area contributed by atoms with Crippen molar-refractivity contribution in [2.24, 2.45) is 4.99 Å². The minimum Gasteiger partial charge on any atom is -0.490 e. The van der Waals surface area contributed by atoms with E-state index in [0.29, 0.717) is 32.3 Å². The largest absolute Gasteiger partial charge is 0.490 e. The molecule has 0 bridgehead atoms. The van der Waals surface area contributed by atoms with Crippen molar-refractivity contribution in [1.29, 1.82) is 0 Å². The van der Waals surface area contributed by atoms with Crippen LogP contribution in [-0.4, -0.2) is 57.2 Å². The molecule has 0 radical (unpaired) electrons. The minimum atomic E-state index is -0.0277. The Bertz CT molecular complexity index is 671. The number of nitrogens with one attached hydrogen (secondary N) is 2. The number of likely N-dealkylation sites (N-methyl/N-ethyl adjacent to an activating group) is 1. The zero-order valence-corrected chi connectivity index (χ0v) is 15.8. The molecule has 2 N–H and O–H groups in total. The van der Waals surface area contributed by atoms with Gasteiger partial charge in [0.25, 0.3) is 0 Å². The highest BCUT2D eigenvalue weighted by atomic mass is 16.5. The molecule has 1 aromatic carbocycles. The molecule has 1 heterocycles. The van der Waals surface area contributed by atoms with E-state index in [-0.39, 0.29) is 12.5 Å². The molecule has 0 aliphatic carbocycles. The monoisotopic (exact) mass is 360 g/mol. The summed E-state index contributed by atoms with van der Waals surface area (Å²) in [5.74, 6) is 2.02. The molecule has 1 amide bonds. The number of ether oxygens (including phenoxy) is 2. The molecule has 0 saturated carbocycles. The van der Waals surface area contributed by atoms with Gasteiger partial charge < -0.3 is 25.0 Å². The van der Waals surface area contributed by atoms with Gasteiger partial charge in [0.1, 0.15) is 0 Å². The average Bonchev–Trinajstić information content (AvgIpc) is 2.86. The van der Waals surface area contributed by atoms with E-state index in [2.05, 4.69) is 22.2 Å². The molecule has 7 heteroatoms. The molecule has 1 aromatic rings. The van der Waals surface area contributed by atoms with Crippen molar-refractivity contribution in [3.8, 4) is 11.5 Å². The topological polar surface area (TPSA) is 75.2 Å². The Balaban J connectivity index is 2.10. The molecule has 0 fully saturated rings. The maximum absolute atomic E-state index is 11.8. The number of aliphatic imine (C=N–C) groups is 1. The van der Waals surface area contributed by atoms with E-state index >= 15 is 0 Å². The number of hydrogen-bond acceptors (Lipinski definition) is 4. The van der Waals surface area contributed by atoms with Gasteiger partial charge >= 0.3 is 0 Å². The molecule has 7 nitrogen and oxygen atoms in total. The number of amides is 1. The van der Waals surface area contributed by atoms with Gasteiger partial charge in [0.05, 0.1) is 26.3 Å².